The maximum Gasteiger partial charge on any atom is 0.191 e. The summed E-state index contributed by atoms with van der Waals surface area (Å²) < 4.78 is 0. The van der Waals surface area contributed by atoms with Gasteiger partial charge >= 0.3 is 0 Å². The van der Waals surface area contributed by atoms with E-state index in [2.05, 4.69) is 70.5 Å². The van der Waals surface area contributed by atoms with Gasteiger partial charge in [-0.25, -0.2) is 0 Å². The summed E-state index contributed by atoms with van der Waals surface area (Å²) in [5, 5.41) is 7.15. The van der Waals surface area contributed by atoms with Crippen molar-refractivity contribution in [1.29, 1.82) is 0 Å². The van der Waals surface area contributed by atoms with Crippen LogP contribution in [0.15, 0.2) is 29.3 Å². The molecule has 1 aromatic rings. The first-order valence-electron chi connectivity index (χ1n) is 10.6. The van der Waals surface area contributed by atoms with Crippen LogP contribution in [0.25, 0.3) is 0 Å². The molecule has 2 heterocycles. The van der Waals surface area contributed by atoms with Gasteiger partial charge in [0.15, 0.2) is 5.96 Å². The molecule has 2 aliphatic heterocycles. The fourth-order valence-corrected chi connectivity index (χ4v) is 4.24. The van der Waals surface area contributed by atoms with Crippen molar-refractivity contribution in [3.8, 4) is 0 Å². The van der Waals surface area contributed by atoms with Gasteiger partial charge in [-0.15, -0.1) is 24.0 Å². The smallest absolute Gasteiger partial charge is 0.191 e. The van der Waals surface area contributed by atoms with E-state index in [9.17, 15) is 0 Å². The van der Waals surface area contributed by atoms with E-state index >= 15 is 0 Å². The number of aliphatic imine (C=N–C) groups is 1. The van der Waals surface area contributed by atoms with Crippen molar-refractivity contribution in [2.45, 2.75) is 52.2 Å². The summed E-state index contributed by atoms with van der Waals surface area (Å²) in [6.45, 7) is 13.5. The molecule has 2 aliphatic rings. The summed E-state index contributed by atoms with van der Waals surface area (Å²) in [5.74, 6) is 1.60. The second kappa shape index (κ2) is 11.4. The van der Waals surface area contributed by atoms with Crippen LogP contribution in [-0.4, -0.2) is 67.6 Å². The predicted molar refractivity (Wildman–Crippen MR) is 130 cm³/mol. The standard InChI is InChI=1S/C22H37N5.HI/c1-17(2)27-14-18(3)21(16-27)25-22(23-4)24-11-7-12-26-13-10-19-8-5-6-9-20(19)15-26;/h5-6,8-9,17-18,21H,7,10-16H2,1-4H3,(H2,23,24,25);1H. The van der Waals surface area contributed by atoms with E-state index in [1.807, 2.05) is 7.05 Å². The van der Waals surface area contributed by atoms with Crippen molar-refractivity contribution in [3.05, 3.63) is 35.4 Å². The van der Waals surface area contributed by atoms with Crippen molar-refractivity contribution in [3.63, 3.8) is 0 Å². The third kappa shape index (κ3) is 6.32. The molecule has 1 aromatic carbocycles. The first kappa shape index (κ1) is 23.4. The minimum atomic E-state index is 0. The third-order valence-corrected chi connectivity index (χ3v) is 6.07. The molecule has 1 saturated heterocycles. The molecule has 2 N–H and O–H groups in total. The summed E-state index contributed by atoms with van der Waals surface area (Å²) in [5.41, 5.74) is 3.02. The fraction of sp³-hybridized carbons (Fsp3) is 0.682. The molecule has 0 spiro atoms. The van der Waals surface area contributed by atoms with Crippen LogP contribution in [0.4, 0.5) is 0 Å². The van der Waals surface area contributed by atoms with Crippen molar-refractivity contribution in [1.82, 2.24) is 20.4 Å². The SMILES string of the molecule is CN=C(NCCCN1CCc2ccccc2C1)NC1CN(C(C)C)CC1C.I. The van der Waals surface area contributed by atoms with Crippen LogP contribution in [0.1, 0.15) is 38.3 Å². The van der Waals surface area contributed by atoms with Crippen LogP contribution in [-0.2, 0) is 13.0 Å². The Hall–Kier alpha value is -0.860. The summed E-state index contributed by atoms with van der Waals surface area (Å²) in [7, 11) is 1.87. The Morgan fingerprint density at radius 2 is 1.96 bits per heavy atom. The van der Waals surface area contributed by atoms with Crippen molar-refractivity contribution in [2.24, 2.45) is 10.9 Å². The van der Waals surface area contributed by atoms with Crippen molar-refractivity contribution >= 4 is 29.9 Å². The zero-order valence-electron chi connectivity index (χ0n) is 17.9. The number of fused-ring (bicyclic) bond motifs is 1. The summed E-state index contributed by atoms with van der Waals surface area (Å²) in [6, 6.07) is 9.96. The molecule has 0 bridgehead atoms. The number of likely N-dealkylation sites (tertiary alicyclic amines) is 1. The fourth-order valence-electron chi connectivity index (χ4n) is 4.24. The van der Waals surface area contributed by atoms with Crippen LogP contribution in [0.3, 0.4) is 0 Å². The number of halogens is 1. The highest BCUT2D eigenvalue weighted by Gasteiger charge is 2.31. The lowest BCUT2D eigenvalue weighted by molar-refractivity contribution is 0.251. The molecule has 2 atom stereocenters. The molecule has 0 saturated carbocycles. The van der Waals surface area contributed by atoms with Gasteiger partial charge < -0.3 is 10.6 Å². The van der Waals surface area contributed by atoms with Crippen molar-refractivity contribution in [2.75, 3.05) is 39.8 Å². The van der Waals surface area contributed by atoms with E-state index in [0.29, 0.717) is 18.0 Å². The monoisotopic (exact) mass is 499 g/mol. The molecule has 6 heteroatoms. The average molecular weight is 499 g/mol. The molecular weight excluding hydrogens is 461 g/mol. The minimum Gasteiger partial charge on any atom is -0.356 e. The second-order valence-electron chi connectivity index (χ2n) is 8.42. The van der Waals surface area contributed by atoms with Gasteiger partial charge in [-0.05, 0) is 43.7 Å². The van der Waals surface area contributed by atoms with E-state index in [1.165, 1.54) is 30.6 Å². The van der Waals surface area contributed by atoms with E-state index < -0.39 is 0 Å². The van der Waals surface area contributed by atoms with Gasteiger partial charge in [-0.3, -0.25) is 14.8 Å². The van der Waals surface area contributed by atoms with Crippen LogP contribution < -0.4 is 10.6 Å². The zero-order valence-corrected chi connectivity index (χ0v) is 20.3. The van der Waals surface area contributed by atoms with E-state index in [-0.39, 0.29) is 24.0 Å². The predicted octanol–water partition coefficient (Wildman–Crippen LogP) is 2.95. The number of guanidine groups is 1. The van der Waals surface area contributed by atoms with E-state index in [4.69, 9.17) is 0 Å². The van der Waals surface area contributed by atoms with E-state index in [1.54, 1.807) is 0 Å². The highest BCUT2D eigenvalue weighted by Crippen LogP contribution is 2.19. The summed E-state index contributed by atoms with van der Waals surface area (Å²) >= 11 is 0. The third-order valence-electron chi connectivity index (χ3n) is 6.07. The second-order valence-corrected chi connectivity index (χ2v) is 8.42. The van der Waals surface area contributed by atoms with E-state index in [0.717, 1.165) is 38.6 Å². The highest BCUT2D eigenvalue weighted by molar-refractivity contribution is 14.0. The molecule has 2 unspecified atom stereocenters. The molecule has 0 aliphatic carbocycles. The topological polar surface area (TPSA) is 42.9 Å². The van der Waals surface area contributed by atoms with Crippen molar-refractivity contribution < 1.29 is 0 Å². The molecule has 28 heavy (non-hydrogen) atoms. The molecule has 0 amide bonds. The Morgan fingerprint density at radius 1 is 1.21 bits per heavy atom. The van der Waals surface area contributed by atoms with Gasteiger partial charge in [0.05, 0.1) is 0 Å². The lowest BCUT2D eigenvalue weighted by Crippen LogP contribution is -2.47. The molecule has 158 valence electrons. The first-order valence-corrected chi connectivity index (χ1v) is 10.6. The molecule has 5 nitrogen and oxygen atoms in total. The van der Waals surface area contributed by atoms with Crippen LogP contribution >= 0.6 is 24.0 Å². The number of nitrogens with one attached hydrogen (secondary N) is 2. The Kier molecular flexibility index (Phi) is 9.50. The van der Waals surface area contributed by atoms with Gasteiger partial charge in [0.25, 0.3) is 0 Å². The van der Waals surface area contributed by atoms with Gasteiger partial charge in [0.2, 0.25) is 0 Å². The number of hydrogen-bond donors (Lipinski definition) is 2. The molecule has 0 aromatic heterocycles. The number of rotatable bonds is 6. The molecule has 0 radical (unpaired) electrons. The van der Waals surface area contributed by atoms with Gasteiger partial charge in [0.1, 0.15) is 0 Å². The lowest BCUT2D eigenvalue weighted by atomic mass is 10.00. The Balaban J connectivity index is 0.00000280. The molecule has 1 fully saturated rings. The van der Waals surface area contributed by atoms with Gasteiger partial charge in [0, 0.05) is 58.4 Å². The number of nitrogens with zero attached hydrogens (tertiary/aromatic N) is 3. The normalized spacial score (nSPS) is 23.4. The van der Waals surface area contributed by atoms with Gasteiger partial charge in [-0.2, -0.15) is 0 Å². The number of benzene rings is 1. The zero-order chi connectivity index (χ0) is 19.2. The Bertz CT molecular complexity index is 633. The van der Waals surface area contributed by atoms with Gasteiger partial charge in [-0.1, -0.05) is 31.2 Å². The van der Waals surface area contributed by atoms with Crippen LogP contribution in [0.5, 0.6) is 0 Å². The minimum absolute atomic E-state index is 0. The van der Waals surface area contributed by atoms with Crippen LogP contribution in [0.2, 0.25) is 0 Å². The average Bonchev–Trinajstić information content (AvgIpc) is 3.05. The molecular formula is C22H38IN5. The maximum absolute atomic E-state index is 4.43. The maximum atomic E-state index is 4.43. The Labute approximate surface area is 188 Å². The highest BCUT2D eigenvalue weighted by atomic mass is 127. The summed E-state index contributed by atoms with van der Waals surface area (Å²) in [4.78, 5) is 9.55. The largest absolute Gasteiger partial charge is 0.356 e. The Morgan fingerprint density at radius 3 is 2.64 bits per heavy atom. The molecule has 3 rings (SSSR count). The first-order chi connectivity index (χ1) is 13.1. The number of hydrogen-bond acceptors (Lipinski definition) is 3. The summed E-state index contributed by atoms with van der Waals surface area (Å²) in [6.07, 6.45) is 2.32. The van der Waals surface area contributed by atoms with Crippen LogP contribution in [0, 0.1) is 5.92 Å². The quantitative estimate of drug-likeness (QED) is 0.274. The lowest BCUT2D eigenvalue weighted by Gasteiger charge is -2.28.